The van der Waals surface area contributed by atoms with Crippen LogP contribution in [-0.4, -0.2) is 51.4 Å². The molecular formula is C25H22FN5O4. The number of methoxy groups -OCH3 is 2. The van der Waals surface area contributed by atoms with Crippen molar-refractivity contribution >= 4 is 12.0 Å². The Balaban J connectivity index is 0.000000196. The fourth-order valence-electron chi connectivity index (χ4n) is 2.88. The average molecular weight is 475 g/mol. The van der Waals surface area contributed by atoms with E-state index in [-0.39, 0.29) is 5.78 Å². The minimum atomic E-state index is -0.418. The van der Waals surface area contributed by atoms with Crippen LogP contribution in [0, 0.1) is 5.82 Å². The number of carbonyl (C=O) groups is 1. The number of halogens is 1. The number of rotatable bonds is 6. The second kappa shape index (κ2) is 11.9. The van der Waals surface area contributed by atoms with Gasteiger partial charge in [-0.1, -0.05) is 11.2 Å². The second-order valence-electron chi connectivity index (χ2n) is 6.97. The molecule has 0 aliphatic heterocycles. The summed E-state index contributed by atoms with van der Waals surface area (Å²) in [7, 11) is 3.07. The molecule has 178 valence electrons. The van der Waals surface area contributed by atoms with Gasteiger partial charge in [-0.25, -0.2) is 14.4 Å². The predicted molar refractivity (Wildman–Crippen MR) is 127 cm³/mol. The highest BCUT2D eigenvalue weighted by molar-refractivity contribution is 5.93. The molecule has 4 aromatic heterocycles. The minimum Gasteiger partial charge on any atom is -0.497 e. The number of aromatic nitrogens is 4. The van der Waals surface area contributed by atoms with E-state index in [0.717, 1.165) is 6.20 Å². The number of hydrogen-bond acceptors (Lipinski definition) is 9. The number of ether oxygens (including phenoxy) is 2. The first-order valence-corrected chi connectivity index (χ1v) is 10.3. The van der Waals surface area contributed by atoms with Crippen LogP contribution in [0.4, 0.5) is 4.39 Å². The zero-order valence-corrected chi connectivity index (χ0v) is 19.2. The van der Waals surface area contributed by atoms with E-state index in [0.29, 0.717) is 45.7 Å². The lowest BCUT2D eigenvalue weighted by atomic mass is 10.2. The van der Waals surface area contributed by atoms with Crippen LogP contribution in [0.2, 0.25) is 0 Å². The standard InChI is InChI=1S/C13H12N2O2.C12H10FN3O2/c1-9(16)12-7-10(17-2)8-13(15-12)11-5-3-4-6-14-11;1-18-10-4-9(7-15-17)16-12(5-10)11-3-2-8(13)6-14-11/h3-8H,1-2H3;2-7,17H,1H3/b;15-7+. The molecule has 35 heavy (non-hydrogen) atoms. The third kappa shape index (κ3) is 6.87. The molecule has 9 nitrogen and oxygen atoms in total. The molecule has 0 bridgehead atoms. The fraction of sp³-hybridized carbons (Fsp3) is 0.120. The topological polar surface area (TPSA) is 120 Å². The molecule has 1 N–H and O–H groups in total. The normalized spacial score (nSPS) is 10.4. The van der Waals surface area contributed by atoms with Gasteiger partial charge in [-0.15, -0.1) is 0 Å². The Morgan fingerprint density at radius 1 is 0.914 bits per heavy atom. The van der Waals surface area contributed by atoms with E-state index < -0.39 is 5.82 Å². The predicted octanol–water partition coefficient (Wildman–Crippen LogP) is 4.45. The Hall–Kier alpha value is -4.73. The molecule has 0 fully saturated rings. The number of hydrogen-bond donors (Lipinski definition) is 1. The average Bonchev–Trinajstić information content (AvgIpc) is 2.89. The van der Waals surface area contributed by atoms with Crippen molar-refractivity contribution in [3.8, 4) is 34.3 Å². The first kappa shape index (κ1) is 24.9. The molecule has 0 radical (unpaired) electrons. The van der Waals surface area contributed by atoms with Crippen LogP contribution in [0.15, 0.2) is 72.1 Å². The van der Waals surface area contributed by atoms with Gasteiger partial charge in [0.25, 0.3) is 0 Å². The summed E-state index contributed by atoms with van der Waals surface area (Å²) in [6.45, 7) is 1.48. The van der Waals surface area contributed by atoms with E-state index in [1.54, 1.807) is 37.6 Å². The smallest absolute Gasteiger partial charge is 0.178 e. The Morgan fingerprint density at radius 3 is 2.17 bits per heavy atom. The maximum atomic E-state index is 12.8. The van der Waals surface area contributed by atoms with Gasteiger partial charge >= 0.3 is 0 Å². The number of oxime groups is 1. The summed E-state index contributed by atoms with van der Waals surface area (Å²) in [5.41, 5.74) is 3.15. The van der Waals surface area contributed by atoms with Gasteiger partial charge in [0.05, 0.1) is 55.1 Å². The van der Waals surface area contributed by atoms with Crippen LogP contribution in [-0.2, 0) is 0 Å². The molecule has 4 rings (SSSR count). The number of Topliss-reactive ketones (excluding diaryl/α,β-unsaturated/α-hetero) is 1. The van der Waals surface area contributed by atoms with Crippen molar-refractivity contribution in [2.24, 2.45) is 5.16 Å². The van der Waals surface area contributed by atoms with Crippen molar-refractivity contribution in [3.63, 3.8) is 0 Å². The molecule has 0 aromatic carbocycles. The molecule has 0 saturated heterocycles. The summed E-state index contributed by atoms with van der Waals surface area (Å²) in [5.74, 6) is 0.631. The molecule has 0 atom stereocenters. The van der Waals surface area contributed by atoms with E-state index in [4.69, 9.17) is 14.7 Å². The maximum Gasteiger partial charge on any atom is 0.178 e. The molecular weight excluding hydrogens is 453 g/mol. The van der Waals surface area contributed by atoms with E-state index in [9.17, 15) is 9.18 Å². The Morgan fingerprint density at radius 2 is 1.60 bits per heavy atom. The molecule has 0 amide bonds. The van der Waals surface area contributed by atoms with E-state index in [2.05, 4.69) is 25.1 Å². The van der Waals surface area contributed by atoms with Crippen molar-refractivity contribution in [3.05, 3.63) is 84.2 Å². The summed E-state index contributed by atoms with van der Waals surface area (Å²) in [5, 5.41) is 11.4. The first-order valence-electron chi connectivity index (χ1n) is 10.3. The third-order valence-electron chi connectivity index (χ3n) is 4.56. The number of ketones is 1. The van der Waals surface area contributed by atoms with Gasteiger partial charge in [0, 0.05) is 37.4 Å². The van der Waals surface area contributed by atoms with Gasteiger partial charge in [0.1, 0.15) is 23.0 Å². The zero-order valence-electron chi connectivity index (χ0n) is 19.2. The van der Waals surface area contributed by atoms with Crippen molar-refractivity contribution in [1.82, 2.24) is 19.9 Å². The molecule has 0 aliphatic carbocycles. The maximum absolute atomic E-state index is 12.8. The number of carbonyl (C=O) groups excluding carboxylic acids is 1. The molecule has 0 spiro atoms. The third-order valence-corrected chi connectivity index (χ3v) is 4.56. The number of pyridine rings is 4. The van der Waals surface area contributed by atoms with Crippen molar-refractivity contribution < 1.29 is 23.9 Å². The Kier molecular flexibility index (Phi) is 8.49. The lowest BCUT2D eigenvalue weighted by Gasteiger charge is -2.05. The molecule has 10 heteroatoms. The molecule has 0 unspecified atom stereocenters. The summed E-state index contributed by atoms with van der Waals surface area (Å²) in [6.07, 6.45) is 3.97. The largest absolute Gasteiger partial charge is 0.497 e. The van der Waals surface area contributed by atoms with E-state index >= 15 is 0 Å². The van der Waals surface area contributed by atoms with Crippen LogP contribution < -0.4 is 9.47 Å². The van der Waals surface area contributed by atoms with Crippen molar-refractivity contribution in [1.29, 1.82) is 0 Å². The van der Waals surface area contributed by atoms with Crippen LogP contribution >= 0.6 is 0 Å². The summed E-state index contributed by atoms with van der Waals surface area (Å²) >= 11 is 0. The van der Waals surface area contributed by atoms with Crippen LogP contribution in [0.25, 0.3) is 22.8 Å². The first-order chi connectivity index (χ1) is 16.9. The van der Waals surface area contributed by atoms with E-state index in [1.807, 2.05) is 18.2 Å². The van der Waals surface area contributed by atoms with Crippen molar-refractivity contribution in [2.75, 3.05) is 14.2 Å². The Bertz CT molecular complexity index is 1320. The SMILES string of the molecule is COc1cc(/C=N/O)nc(-c2ccc(F)cn2)c1.COc1cc(C(C)=O)nc(-c2ccccn2)c1. The quantitative estimate of drug-likeness (QED) is 0.188. The summed E-state index contributed by atoms with van der Waals surface area (Å²) in [4.78, 5) is 27.9. The monoisotopic (exact) mass is 475 g/mol. The van der Waals surface area contributed by atoms with Crippen LogP contribution in [0.5, 0.6) is 11.5 Å². The van der Waals surface area contributed by atoms with Crippen LogP contribution in [0.3, 0.4) is 0 Å². The highest BCUT2D eigenvalue weighted by Gasteiger charge is 2.09. The lowest BCUT2D eigenvalue weighted by molar-refractivity contribution is 0.101. The van der Waals surface area contributed by atoms with Crippen LogP contribution in [0.1, 0.15) is 23.1 Å². The minimum absolute atomic E-state index is 0.0962. The lowest BCUT2D eigenvalue weighted by Crippen LogP contribution is -2.00. The molecule has 0 saturated carbocycles. The summed E-state index contributed by atoms with van der Waals surface area (Å²) < 4.78 is 23.0. The summed E-state index contributed by atoms with van der Waals surface area (Å²) in [6, 6.07) is 15.0. The molecule has 4 heterocycles. The van der Waals surface area contributed by atoms with Gasteiger partial charge in [-0.3, -0.25) is 14.8 Å². The van der Waals surface area contributed by atoms with Gasteiger partial charge in [-0.2, -0.15) is 0 Å². The van der Waals surface area contributed by atoms with Gasteiger partial charge in [0.2, 0.25) is 0 Å². The highest BCUT2D eigenvalue weighted by Crippen LogP contribution is 2.22. The van der Waals surface area contributed by atoms with E-state index in [1.165, 1.54) is 32.4 Å². The molecule has 4 aromatic rings. The van der Waals surface area contributed by atoms with Gasteiger partial charge in [-0.05, 0) is 24.3 Å². The second-order valence-corrected chi connectivity index (χ2v) is 6.97. The van der Waals surface area contributed by atoms with Crippen molar-refractivity contribution in [2.45, 2.75) is 6.92 Å². The highest BCUT2D eigenvalue weighted by atomic mass is 19.1. The van der Waals surface area contributed by atoms with Gasteiger partial charge < -0.3 is 14.7 Å². The Labute approximate surface area is 201 Å². The fourth-order valence-corrected chi connectivity index (χ4v) is 2.88. The zero-order chi connectivity index (χ0) is 25.2. The van der Waals surface area contributed by atoms with Gasteiger partial charge in [0.15, 0.2) is 5.78 Å². The molecule has 0 aliphatic rings. The number of nitrogens with zero attached hydrogens (tertiary/aromatic N) is 5.